The van der Waals surface area contributed by atoms with Crippen molar-refractivity contribution in [3.05, 3.63) is 40.3 Å². The van der Waals surface area contributed by atoms with E-state index in [0.717, 1.165) is 18.6 Å². The molecule has 0 radical (unpaired) electrons. The zero-order valence-electron chi connectivity index (χ0n) is 18.9. The molecule has 1 aliphatic carbocycles. The molecule has 33 heavy (non-hydrogen) atoms. The van der Waals surface area contributed by atoms with Gasteiger partial charge in [-0.15, -0.1) is 10.2 Å². The summed E-state index contributed by atoms with van der Waals surface area (Å²) < 4.78 is 10.9. The Kier molecular flexibility index (Phi) is 7.36. The first kappa shape index (κ1) is 22.9. The monoisotopic (exact) mass is 454 g/mol. The second kappa shape index (κ2) is 10.6. The predicted octanol–water partition coefficient (Wildman–Crippen LogP) is 2.36. The number of carbonyl (C=O) groups is 2. The van der Waals surface area contributed by atoms with Gasteiger partial charge in [0.05, 0.1) is 19.1 Å². The summed E-state index contributed by atoms with van der Waals surface area (Å²) in [7, 11) is 0. The molecule has 1 aliphatic heterocycles. The number of carbonyl (C=O) groups excluding carboxylic acids is 2. The molecular weight excluding hydrogens is 424 g/mol. The van der Waals surface area contributed by atoms with Gasteiger partial charge in [-0.05, 0) is 50.7 Å². The number of piperidine rings is 1. The summed E-state index contributed by atoms with van der Waals surface area (Å²) in [5.41, 5.74) is 0.571. The minimum absolute atomic E-state index is 0.102. The fraction of sp³-hybridized carbons (Fsp3) is 0.542. The summed E-state index contributed by atoms with van der Waals surface area (Å²) in [5.74, 6) is 1.11. The molecule has 0 unspecified atom stereocenters. The summed E-state index contributed by atoms with van der Waals surface area (Å²) >= 11 is 0. The average molecular weight is 455 g/mol. The number of nitrogens with one attached hydrogen (secondary N) is 1. The SMILES string of the molecule is CCOC(=O)[C@H]1CCCN(C(=O)CCc2nnc(-c3cccc(OCC4CC4)c3)[nH]c2=O)C1. The van der Waals surface area contributed by atoms with E-state index >= 15 is 0 Å². The molecule has 9 nitrogen and oxygen atoms in total. The lowest BCUT2D eigenvalue weighted by molar-refractivity contribution is -0.151. The molecule has 1 aromatic carbocycles. The van der Waals surface area contributed by atoms with Crippen LogP contribution < -0.4 is 10.3 Å². The summed E-state index contributed by atoms with van der Waals surface area (Å²) in [6, 6.07) is 7.40. The maximum Gasteiger partial charge on any atom is 0.310 e. The van der Waals surface area contributed by atoms with Gasteiger partial charge in [0.25, 0.3) is 5.56 Å². The lowest BCUT2D eigenvalue weighted by Crippen LogP contribution is -2.43. The van der Waals surface area contributed by atoms with E-state index in [1.54, 1.807) is 11.8 Å². The van der Waals surface area contributed by atoms with E-state index in [0.29, 0.717) is 43.6 Å². The van der Waals surface area contributed by atoms with E-state index in [4.69, 9.17) is 9.47 Å². The van der Waals surface area contributed by atoms with Crippen LogP contribution in [0.5, 0.6) is 5.75 Å². The zero-order chi connectivity index (χ0) is 23.2. The van der Waals surface area contributed by atoms with Gasteiger partial charge in [-0.2, -0.15) is 0 Å². The van der Waals surface area contributed by atoms with Crippen LogP contribution in [-0.2, 0) is 20.7 Å². The predicted molar refractivity (Wildman–Crippen MR) is 121 cm³/mol. The van der Waals surface area contributed by atoms with E-state index < -0.39 is 0 Å². The molecule has 1 N–H and O–H groups in total. The number of aryl methyl sites for hydroxylation is 1. The Hall–Kier alpha value is -3.23. The van der Waals surface area contributed by atoms with Crippen molar-refractivity contribution in [1.82, 2.24) is 20.1 Å². The van der Waals surface area contributed by atoms with Crippen molar-refractivity contribution in [1.29, 1.82) is 0 Å². The van der Waals surface area contributed by atoms with E-state index in [9.17, 15) is 14.4 Å². The Labute approximate surface area is 192 Å². The number of esters is 1. The second-order valence-electron chi connectivity index (χ2n) is 8.66. The van der Waals surface area contributed by atoms with Crippen molar-refractivity contribution in [2.24, 2.45) is 11.8 Å². The first-order valence-corrected chi connectivity index (χ1v) is 11.7. The highest BCUT2D eigenvalue weighted by molar-refractivity contribution is 5.78. The van der Waals surface area contributed by atoms with Gasteiger partial charge in [0, 0.05) is 31.5 Å². The molecule has 176 valence electrons. The molecule has 4 rings (SSSR count). The van der Waals surface area contributed by atoms with Crippen molar-refractivity contribution in [3.63, 3.8) is 0 Å². The van der Waals surface area contributed by atoms with Crippen LogP contribution in [-0.4, -0.2) is 58.3 Å². The molecule has 0 bridgehead atoms. The van der Waals surface area contributed by atoms with Crippen molar-refractivity contribution in [2.75, 3.05) is 26.3 Å². The van der Waals surface area contributed by atoms with Crippen LogP contribution in [0.2, 0.25) is 0 Å². The van der Waals surface area contributed by atoms with Gasteiger partial charge in [0.15, 0.2) is 5.82 Å². The Balaban J connectivity index is 1.34. The molecular formula is C24H30N4O5. The van der Waals surface area contributed by atoms with Crippen LogP contribution in [0, 0.1) is 11.8 Å². The number of aromatic amines is 1. The maximum absolute atomic E-state index is 12.6. The van der Waals surface area contributed by atoms with Crippen LogP contribution >= 0.6 is 0 Å². The number of H-pyrrole nitrogens is 1. The highest BCUT2D eigenvalue weighted by Crippen LogP contribution is 2.30. The van der Waals surface area contributed by atoms with Crippen molar-refractivity contribution < 1.29 is 19.1 Å². The minimum atomic E-state index is -0.361. The molecule has 1 aromatic heterocycles. The summed E-state index contributed by atoms with van der Waals surface area (Å²) in [6.45, 7) is 3.77. The van der Waals surface area contributed by atoms with Crippen LogP contribution in [0.4, 0.5) is 0 Å². The lowest BCUT2D eigenvalue weighted by Gasteiger charge is -2.31. The highest BCUT2D eigenvalue weighted by Gasteiger charge is 2.29. The van der Waals surface area contributed by atoms with Crippen molar-refractivity contribution in [3.8, 4) is 17.1 Å². The normalized spacial score (nSPS) is 18.1. The zero-order valence-corrected chi connectivity index (χ0v) is 18.9. The topological polar surface area (TPSA) is 114 Å². The van der Waals surface area contributed by atoms with Gasteiger partial charge in [-0.25, -0.2) is 0 Å². The average Bonchev–Trinajstić information content (AvgIpc) is 3.67. The van der Waals surface area contributed by atoms with E-state index in [1.807, 2.05) is 24.3 Å². The fourth-order valence-electron chi connectivity index (χ4n) is 3.93. The standard InChI is InChI=1S/C24H30N4O5/c1-2-32-24(31)18-6-4-12-28(14-18)21(29)11-10-20-23(30)25-22(27-26-20)17-5-3-7-19(13-17)33-15-16-8-9-16/h3,5,7,13,16,18H,2,4,6,8-12,14-15H2,1H3,(H,25,27,30)/t18-/m0/s1. The van der Waals surface area contributed by atoms with E-state index in [1.165, 1.54) is 12.8 Å². The smallest absolute Gasteiger partial charge is 0.310 e. The van der Waals surface area contributed by atoms with Gasteiger partial charge in [-0.1, -0.05) is 12.1 Å². The van der Waals surface area contributed by atoms with Crippen LogP contribution in [0.1, 0.15) is 44.7 Å². The van der Waals surface area contributed by atoms with Gasteiger partial charge >= 0.3 is 5.97 Å². The van der Waals surface area contributed by atoms with Gasteiger partial charge in [-0.3, -0.25) is 14.4 Å². The molecule has 9 heteroatoms. The van der Waals surface area contributed by atoms with Gasteiger partial charge in [0.2, 0.25) is 5.91 Å². The fourth-order valence-corrected chi connectivity index (χ4v) is 3.93. The molecule has 1 saturated heterocycles. The Morgan fingerprint density at radius 3 is 2.82 bits per heavy atom. The third-order valence-corrected chi connectivity index (χ3v) is 6.02. The Morgan fingerprint density at radius 1 is 1.21 bits per heavy atom. The largest absolute Gasteiger partial charge is 0.493 e. The molecule has 0 spiro atoms. The molecule has 2 fully saturated rings. The Morgan fingerprint density at radius 2 is 2.06 bits per heavy atom. The van der Waals surface area contributed by atoms with Gasteiger partial charge in [0.1, 0.15) is 11.4 Å². The summed E-state index contributed by atoms with van der Waals surface area (Å²) in [5, 5.41) is 8.23. The summed E-state index contributed by atoms with van der Waals surface area (Å²) in [4.78, 5) is 41.6. The second-order valence-corrected chi connectivity index (χ2v) is 8.66. The molecule has 2 heterocycles. The molecule has 2 aliphatic rings. The molecule has 2 aromatic rings. The third kappa shape index (κ3) is 6.18. The number of hydrogen-bond acceptors (Lipinski definition) is 7. The van der Waals surface area contributed by atoms with E-state index in [-0.39, 0.29) is 41.9 Å². The number of rotatable bonds is 9. The van der Waals surface area contributed by atoms with Gasteiger partial charge < -0.3 is 19.4 Å². The van der Waals surface area contributed by atoms with Crippen molar-refractivity contribution in [2.45, 2.75) is 45.4 Å². The number of benzene rings is 1. The van der Waals surface area contributed by atoms with Crippen molar-refractivity contribution >= 4 is 11.9 Å². The van der Waals surface area contributed by atoms with Crippen LogP contribution in [0.25, 0.3) is 11.4 Å². The quantitative estimate of drug-likeness (QED) is 0.579. The highest BCUT2D eigenvalue weighted by atomic mass is 16.5. The molecule has 1 saturated carbocycles. The van der Waals surface area contributed by atoms with Crippen LogP contribution in [0.15, 0.2) is 29.1 Å². The Bertz CT molecular complexity index is 1050. The van der Waals surface area contributed by atoms with Crippen LogP contribution in [0.3, 0.4) is 0 Å². The van der Waals surface area contributed by atoms with E-state index in [2.05, 4.69) is 15.2 Å². The number of nitrogens with zero attached hydrogens (tertiary/aromatic N) is 3. The number of hydrogen-bond donors (Lipinski definition) is 1. The first-order chi connectivity index (χ1) is 16.0. The minimum Gasteiger partial charge on any atom is -0.493 e. The summed E-state index contributed by atoms with van der Waals surface area (Å²) in [6.07, 6.45) is 4.23. The third-order valence-electron chi connectivity index (χ3n) is 6.02. The molecule has 1 amide bonds. The lowest BCUT2D eigenvalue weighted by atomic mass is 9.98. The number of ether oxygens (including phenoxy) is 2. The first-order valence-electron chi connectivity index (χ1n) is 11.7. The number of amides is 1. The number of likely N-dealkylation sites (tertiary alicyclic amines) is 1. The molecule has 1 atom stereocenters. The maximum atomic E-state index is 12.6. The number of aromatic nitrogens is 3.